The van der Waals surface area contributed by atoms with Gasteiger partial charge < -0.3 is 10.3 Å². The SMILES string of the molecule is CCn1ccnc1CC(N)Cc1cccnc1. The van der Waals surface area contributed by atoms with Crippen LogP contribution in [0.5, 0.6) is 0 Å². The van der Waals surface area contributed by atoms with Crippen LogP contribution in [0.2, 0.25) is 0 Å². The van der Waals surface area contributed by atoms with Crippen LogP contribution < -0.4 is 5.73 Å². The third kappa shape index (κ3) is 3.14. The zero-order chi connectivity index (χ0) is 12.1. The fraction of sp³-hybridized carbons (Fsp3) is 0.385. The van der Waals surface area contributed by atoms with E-state index in [4.69, 9.17) is 5.73 Å². The van der Waals surface area contributed by atoms with Gasteiger partial charge in [0.25, 0.3) is 0 Å². The van der Waals surface area contributed by atoms with Gasteiger partial charge in [0.2, 0.25) is 0 Å². The average Bonchev–Trinajstić information content (AvgIpc) is 2.77. The smallest absolute Gasteiger partial charge is 0.110 e. The Hall–Kier alpha value is -1.68. The second-order valence-corrected chi connectivity index (χ2v) is 4.16. The zero-order valence-corrected chi connectivity index (χ0v) is 10.1. The second-order valence-electron chi connectivity index (χ2n) is 4.16. The van der Waals surface area contributed by atoms with E-state index < -0.39 is 0 Å². The molecule has 0 saturated carbocycles. The van der Waals surface area contributed by atoms with E-state index in [1.807, 2.05) is 24.7 Å². The summed E-state index contributed by atoms with van der Waals surface area (Å²) >= 11 is 0. The van der Waals surface area contributed by atoms with Crippen LogP contribution in [0.1, 0.15) is 18.3 Å². The molecule has 17 heavy (non-hydrogen) atoms. The van der Waals surface area contributed by atoms with Crippen LogP contribution in [-0.4, -0.2) is 20.6 Å². The second kappa shape index (κ2) is 5.59. The van der Waals surface area contributed by atoms with Gasteiger partial charge in [0.05, 0.1) is 0 Å². The van der Waals surface area contributed by atoms with Gasteiger partial charge in [-0.15, -0.1) is 0 Å². The number of imidazole rings is 1. The van der Waals surface area contributed by atoms with E-state index in [2.05, 4.69) is 27.5 Å². The number of nitrogens with two attached hydrogens (primary N) is 1. The molecule has 2 rings (SSSR count). The molecule has 0 aliphatic carbocycles. The van der Waals surface area contributed by atoms with Crippen molar-refractivity contribution in [2.24, 2.45) is 5.73 Å². The molecule has 0 amide bonds. The molecule has 0 spiro atoms. The first-order valence-electron chi connectivity index (χ1n) is 5.94. The van der Waals surface area contributed by atoms with Crippen molar-refractivity contribution in [3.63, 3.8) is 0 Å². The Morgan fingerprint density at radius 3 is 2.94 bits per heavy atom. The number of aryl methyl sites for hydroxylation is 1. The molecule has 4 nitrogen and oxygen atoms in total. The number of pyridine rings is 1. The third-order valence-corrected chi connectivity index (χ3v) is 2.81. The maximum Gasteiger partial charge on any atom is 0.110 e. The third-order valence-electron chi connectivity index (χ3n) is 2.81. The molecule has 0 radical (unpaired) electrons. The van der Waals surface area contributed by atoms with Gasteiger partial charge in [-0.25, -0.2) is 4.98 Å². The molecule has 1 unspecified atom stereocenters. The predicted molar refractivity (Wildman–Crippen MR) is 67.5 cm³/mol. The quantitative estimate of drug-likeness (QED) is 0.845. The summed E-state index contributed by atoms with van der Waals surface area (Å²) in [5, 5.41) is 0. The number of rotatable bonds is 5. The van der Waals surface area contributed by atoms with Crippen molar-refractivity contribution >= 4 is 0 Å². The lowest BCUT2D eigenvalue weighted by molar-refractivity contribution is 0.601. The standard InChI is InChI=1S/C13H18N4/c1-2-17-7-6-16-13(17)9-12(14)8-11-4-3-5-15-10-11/h3-7,10,12H,2,8-9,14H2,1H3. The van der Waals surface area contributed by atoms with Crippen molar-refractivity contribution in [2.75, 3.05) is 0 Å². The van der Waals surface area contributed by atoms with Gasteiger partial charge in [-0.2, -0.15) is 0 Å². The van der Waals surface area contributed by atoms with Crippen molar-refractivity contribution in [3.8, 4) is 0 Å². The monoisotopic (exact) mass is 230 g/mol. The van der Waals surface area contributed by atoms with Gasteiger partial charge in [-0.1, -0.05) is 6.07 Å². The molecular weight excluding hydrogens is 212 g/mol. The molecule has 2 aromatic heterocycles. The Bertz CT molecular complexity index is 449. The molecule has 0 aromatic carbocycles. The van der Waals surface area contributed by atoms with Crippen molar-refractivity contribution in [3.05, 3.63) is 48.3 Å². The molecule has 2 aromatic rings. The van der Waals surface area contributed by atoms with Crippen LogP contribution in [0.4, 0.5) is 0 Å². The maximum absolute atomic E-state index is 6.14. The summed E-state index contributed by atoms with van der Waals surface area (Å²) in [7, 11) is 0. The first-order valence-corrected chi connectivity index (χ1v) is 5.94. The fourth-order valence-corrected chi connectivity index (χ4v) is 1.95. The van der Waals surface area contributed by atoms with Crippen LogP contribution in [0.15, 0.2) is 36.9 Å². The number of hydrogen-bond acceptors (Lipinski definition) is 3. The minimum Gasteiger partial charge on any atom is -0.335 e. The average molecular weight is 230 g/mol. The molecule has 0 aliphatic rings. The molecule has 0 bridgehead atoms. The highest BCUT2D eigenvalue weighted by atomic mass is 15.1. The van der Waals surface area contributed by atoms with E-state index in [0.29, 0.717) is 0 Å². The highest BCUT2D eigenvalue weighted by Gasteiger charge is 2.09. The Morgan fingerprint density at radius 2 is 2.24 bits per heavy atom. The van der Waals surface area contributed by atoms with Crippen LogP contribution in [0.3, 0.4) is 0 Å². The highest BCUT2D eigenvalue weighted by Crippen LogP contribution is 2.06. The van der Waals surface area contributed by atoms with Crippen molar-refractivity contribution in [1.29, 1.82) is 0 Å². The van der Waals surface area contributed by atoms with E-state index in [1.54, 1.807) is 6.20 Å². The summed E-state index contributed by atoms with van der Waals surface area (Å²) in [6, 6.07) is 4.08. The first-order chi connectivity index (χ1) is 8.29. The largest absolute Gasteiger partial charge is 0.335 e. The summed E-state index contributed by atoms with van der Waals surface area (Å²) in [4.78, 5) is 8.43. The predicted octanol–water partition coefficient (Wildman–Crippen LogP) is 1.41. The molecule has 0 saturated heterocycles. The molecule has 2 heterocycles. The highest BCUT2D eigenvalue weighted by molar-refractivity contribution is 5.10. The number of aromatic nitrogens is 3. The van der Waals surface area contributed by atoms with Crippen LogP contribution in [0.25, 0.3) is 0 Å². The van der Waals surface area contributed by atoms with E-state index >= 15 is 0 Å². The van der Waals surface area contributed by atoms with E-state index in [0.717, 1.165) is 25.2 Å². The minimum atomic E-state index is 0.0897. The van der Waals surface area contributed by atoms with Gasteiger partial charge in [0.15, 0.2) is 0 Å². The Balaban J connectivity index is 1.96. The van der Waals surface area contributed by atoms with E-state index in [9.17, 15) is 0 Å². The molecule has 0 aliphatic heterocycles. The fourth-order valence-electron chi connectivity index (χ4n) is 1.95. The summed E-state index contributed by atoms with van der Waals surface area (Å²) < 4.78 is 2.13. The lowest BCUT2D eigenvalue weighted by atomic mass is 10.1. The summed E-state index contributed by atoms with van der Waals surface area (Å²) in [5.41, 5.74) is 7.31. The molecular formula is C13H18N4. The summed E-state index contributed by atoms with van der Waals surface area (Å²) in [6.45, 7) is 3.05. The molecule has 90 valence electrons. The van der Waals surface area contributed by atoms with Crippen molar-refractivity contribution in [1.82, 2.24) is 14.5 Å². The Labute approximate surface area is 102 Å². The lowest BCUT2D eigenvalue weighted by Gasteiger charge is -2.12. The minimum absolute atomic E-state index is 0.0897. The summed E-state index contributed by atoms with van der Waals surface area (Å²) in [5.74, 6) is 1.06. The molecule has 0 fully saturated rings. The van der Waals surface area contributed by atoms with E-state index in [-0.39, 0.29) is 6.04 Å². The van der Waals surface area contributed by atoms with Gasteiger partial charge in [-0.05, 0) is 25.0 Å². The number of nitrogens with zero attached hydrogens (tertiary/aromatic N) is 3. The first kappa shape index (κ1) is 11.8. The molecule has 1 atom stereocenters. The maximum atomic E-state index is 6.14. The Kier molecular flexibility index (Phi) is 3.88. The summed E-state index contributed by atoms with van der Waals surface area (Å²) in [6.07, 6.45) is 9.10. The van der Waals surface area contributed by atoms with Crippen LogP contribution in [-0.2, 0) is 19.4 Å². The Morgan fingerprint density at radius 1 is 1.35 bits per heavy atom. The number of hydrogen-bond donors (Lipinski definition) is 1. The van der Waals surface area contributed by atoms with Gasteiger partial charge in [0, 0.05) is 43.8 Å². The van der Waals surface area contributed by atoms with Gasteiger partial charge in [0.1, 0.15) is 5.82 Å². The normalized spacial score (nSPS) is 12.6. The van der Waals surface area contributed by atoms with Gasteiger partial charge >= 0.3 is 0 Å². The van der Waals surface area contributed by atoms with Crippen molar-refractivity contribution < 1.29 is 0 Å². The van der Waals surface area contributed by atoms with Gasteiger partial charge in [-0.3, -0.25) is 4.98 Å². The van der Waals surface area contributed by atoms with Crippen LogP contribution in [0, 0.1) is 0 Å². The van der Waals surface area contributed by atoms with E-state index in [1.165, 1.54) is 5.56 Å². The van der Waals surface area contributed by atoms with Crippen LogP contribution >= 0.6 is 0 Å². The topological polar surface area (TPSA) is 56.7 Å². The lowest BCUT2D eigenvalue weighted by Crippen LogP contribution is -2.27. The molecule has 4 heteroatoms. The zero-order valence-electron chi connectivity index (χ0n) is 10.1. The molecule has 2 N–H and O–H groups in total. The van der Waals surface area contributed by atoms with Crippen molar-refractivity contribution in [2.45, 2.75) is 32.4 Å².